The van der Waals surface area contributed by atoms with Crippen molar-refractivity contribution in [2.24, 2.45) is 0 Å². The fourth-order valence-electron chi connectivity index (χ4n) is 1.66. The third kappa shape index (κ3) is 2.75. The van der Waals surface area contributed by atoms with Gasteiger partial charge in [0.25, 0.3) is 5.91 Å². The number of carbonyl (C=O) groups is 1. The van der Waals surface area contributed by atoms with Crippen LogP contribution in [0.1, 0.15) is 21.7 Å². The Kier molecular flexibility index (Phi) is 3.28. The summed E-state index contributed by atoms with van der Waals surface area (Å²) in [7, 11) is 1.77. The SMILES string of the molecule is Cc1coc(C(=O)N(C)Cc2ccccc2)c1. The van der Waals surface area contributed by atoms with Crippen LogP contribution < -0.4 is 0 Å². The third-order valence-electron chi connectivity index (χ3n) is 2.55. The van der Waals surface area contributed by atoms with Crippen LogP contribution in [0.15, 0.2) is 47.1 Å². The van der Waals surface area contributed by atoms with Crippen molar-refractivity contribution in [1.82, 2.24) is 4.90 Å². The predicted octanol–water partition coefficient (Wildman–Crippen LogP) is 2.86. The topological polar surface area (TPSA) is 33.5 Å². The van der Waals surface area contributed by atoms with Crippen molar-refractivity contribution < 1.29 is 9.21 Å². The molecule has 3 nitrogen and oxygen atoms in total. The molecule has 88 valence electrons. The molecule has 17 heavy (non-hydrogen) atoms. The summed E-state index contributed by atoms with van der Waals surface area (Å²) in [6.45, 7) is 2.48. The Balaban J connectivity index is 2.06. The highest BCUT2D eigenvalue weighted by molar-refractivity contribution is 5.91. The van der Waals surface area contributed by atoms with Gasteiger partial charge in [-0.1, -0.05) is 30.3 Å². The van der Waals surface area contributed by atoms with Crippen LogP contribution in [0.5, 0.6) is 0 Å². The molecule has 0 radical (unpaired) electrons. The lowest BCUT2D eigenvalue weighted by molar-refractivity contribution is 0.0753. The van der Waals surface area contributed by atoms with Crippen molar-refractivity contribution in [3.8, 4) is 0 Å². The molecule has 0 saturated heterocycles. The zero-order valence-electron chi connectivity index (χ0n) is 10.0. The van der Waals surface area contributed by atoms with Crippen LogP contribution in [0, 0.1) is 6.92 Å². The Hall–Kier alpha value is -2.03. The van der Waals surface area contributed by atoms with Crippen LogP contribution in [-0.4, -0.2) is 17.9 Å². The lowest BCUT2D eigenvalue weighted by Crippen LogP contribution is -2.25. The Bertz CT molecular complexity index is 502. The molecule has 0 saturated carbocycles. The molecule has 1 aromatic carbocycles. The molecule has 2 aromatic rings. The molecule has 0 aliphatic heterocycles. The Morgan fingerprint density at radius 3 is 2.59 bits per heavy atom. The van der Waals surface area contributed by atoms with Gasteiger partial charge < -0.3 is 9.32 Å². The van der Waals surface area contributed by atoms with Gasteiger partial charge in [0.15, 0.2) is 5.76 Å². The smallest absolute Gasteiger partial charge is 0.289 e. The molecule has 2 rings (SSSR count). The van der Waals surface area contributed by atoms with Gasteiger partial charge in [0, 0.05) is 13.6 Å². The fourth-order valence-corrected chi connectivity index (χ4v) is 1.66. The highest BCUT2D eigenvalue weighted by Crippen LogP contribution is 2.11. The molecular weight excluding hydrogens is 214 g/mol. The van der Waals surface area contributed by atoms with Gasteiger partial charge >= 0.3 is 0 Å². The number of hydrogen-bond donors (Lipinski definition) is 0. The molecule has 0 fully saturated rings. The van der Waals surface area contributed by atoms with Crippen molar-refractivity contribution in [3.05, 3.63) is 59.5 Å². The first-order valence-corrected chi connectivity index (χ1v) is 5.51. The highest BCUT2D eigenvalue weighted by atomic mass is 16.3. The molecule has 0 bridgehead atoms. The second-order valence-electron chi connectivity index (χ2n) is 4.14. The molecule has 0 atom stereocenters. The number of furan rings is 1. The number of nitrogens with zero attached hydrogens (tertiary/aromatic N) is 1. The van der Waals surface area contributed by atoms with Crippen molar-refractivity contribution >= 4 is 5.91 Å². The average molecular weight is 229 g/mol. The molecule has 0 N–H and O–H groups in total. The summed E-state index contributed by atoms with van der Waals surface area (Å²) in [4.78, 5) is 13.6. The summed E-state index contributed by atoms with van der Waals surface area (Å²) in [5.74, 6) is 0.294. The monoisotopic (exact) mass is 229 g/mol. The molecule has 1 amide bonds. The lowest BCUT2D eigenvalue weighted by Gasteiger charge is -2.15. The van der Waals surface area contributed by atoms with E-state index < -0.39 is 0 Å². The minimum atomic E-state index is -0.0954. The largest absolute Gasteiger partial charge is 0.459 e. The van der Waals surface area contributed by atoms with Gasteiger partial charge in [0.05, 0.1) is 6.26 Å². The van der Waals surface area contributed by atoms with Crippen LogP contribution >= 0.6 is 0 Å². The van der Waals surface area contributed by atoms with E-state index in [2.05, 4.69) is 0 Å². The molecule has 0 aliphatic rings. The lowest BCUT2D eigenvalue weighted by atomic mass is 10.2. The van der Waals surface area contributed by atoms with Crippen molar-refractivity contribution in [2.45, 2.75) is 13.5 Å². The van der Waals surface area contributed by atoms with Gasteiger partial charge in [-0.2, -0.15) is 0 Å². The number of aryl methyl sites for hydroxylation is 1. The van der Waals surface area contributed by atoms with E-state index in [9.17, 15) is 4.79 Å². The van der Waals surface area contributed by atoms with E-state index in [1.54, 1.807) is 24.3 Å². The first-order chi connectivity index (χ1) is 8.16. The maximum absolute atomic E-state index is 12.0. The standard InChI is InChI=1S/C14H15NO2/c1-11-8-13(17-10-11)14(16)15(2)9-12-6-4-3-5-7-12/h3-8,10H,9H2,1-2H3. The molecular formula is C14H15NO2. The predicted molar refractivity (Wildman–Crippen MR) is 65.7 cm³/mol. The second-order valence-corrected chi connectivity index (χ2v) is 4.14. The molecule has 0 spiro atoms. The number of carbonyl (C=O) groups excluding carboxylic acids is 1. The van der Waals surface area contributed by atoms with E-state index in [4.69, 9.17) is 4.42 Å². The molecule has 1 heterocycles. The maximum Gasteiger partial charge on any atom is 0.289 e. The van der Waals surface area contributed by atoms with E-state index in [0.717, 1.165) is 11.1 Å². The van der Waals surface area contributed by atoms with Crippen molar-refractivity contribution in [2.75, 3.05) is 7.05 Å². The number of hydrogen-bond acceptors (Lipinski definition) is 2. The first-order valence-electron chi connectivity index (χ1n) is 5.51. The summed E-state index contributed by atoms with van der Waals surface area (Å²) in [6, 6.07) is 11.6. The van der Waals surface area contributed by atoms with E-state index in [1.165, 1.54) is 0 Å². The summed E-state index contributed by atoms with van der Waals surface area (Å²) in [6.07, 6.45) is 1.59. The summed E-state index contributed by atoms with van der Waals surface area (Å²) in [5.41, 5.74) is 2.06. The second kappa shape index (κ2) is 4.87. The molecule has 0 aliphatic carbocycles. The highest BCUT2D eigenvalue weighted by Gasteiger charge is 2.15. The Morgan fingerprint density at radius 2 is 2.00 bits per heavy atom. The minimum absolute atomic E-state index is 0.0954. The van der Waals surface area contributed by atoms with E-state index in [0.29, 0.717) is 12.3 Å². The van der Waals surface area contributed by atoms with Crippen LogP contribution in [-0.2, 0) is 6.54 Å². The third-order valence-corrected chi connectivity index (χ3v) is 2.55. The zero-order chi connectivity index (χ0) is 12.3. The zero-order valence-corrected chi connectivity index (χ0v) is 10.0. The fraction of sp³-hybridized carbons (Fsp3) is 0.214. The maximum atomic E-state index is 12.0. The summed E-state index contributed by atoms with van der Waals surface area (Å²) >= 11 is 0. The van der Waals surface area contributed by atoms with Crippen LogP contribution in [0.4, 0.5) is 0 Å². The van der Waals surface area contributed by atoms with E-state index >= 15 is 0 Å². The van der Waals surface area contributed by atoms with Gasteiger partial charge in [-0.3, -0.25) is 4.79 Å². The number of rotatable bonds is 3. The van der Waals surface area contributed by atoms with Gasteiger partial charge in [0.1, 0.15) is 0 Å². The van der Waals surface area contributed by atoms with Gasteiger partial charge in [-0.15, -0.1) is 0 Å². The van der Waals surface area contributed by atoms with Crippen LogP contribution in [0.2, 0.25) is 0 Å². The van der Waals surface area contributed by atoms with Gasteiger partial charge in [-0.25, -0.2) is 0 Å². The Labute approximate surface area is 101 Å². The van der Waals surface area contributed by atoms with Crippen molar-refractivity contribution in [3.63, 3.8) is 0 Å². The van der Waals surface area contributed by atoms with Gasteiger partial charge in [0.2, 0.25) is 0 Å². The number of benzene rings is 1. The minimum Gasteiger partial charge on any atom is -0.459 e. The summed E-state index contributed by atoms with van der Waals surface area (Å²) < 4.78 is 5.19. The van der Waals surface area contributed by atoms with E-state index in [1.807, 2.05) is 37.3 Å². The average Bonchev–Trinajstić information content (AvgIpc) is 2.76. The van der Waals surface area contributed by atoms with Crippen molar-refractivity contribution in [1.29, 1.82) is 0 Å². The van der Waals surface area contributed by atoms with E-state index in [-0.39, 0.29) is 5.91 Å². The van der Waals surface area contributed by atoms with Crippen LogP contribution in [0.25, 0.3) is 0 Å². The quantitative estimate of drug-likeness (QED) is 0.810. The summed E-state index contributed by atoms with van der Waals surface area (Å²) in [5, 5.41) is 0. The van der Waals surface area contributed by atoms with Gasteiger partial charge in [-0.05, 0) is 24.1 Å². The first kappa shape index (κ1) is 11.5. The number of amides is 1. The molecule has 3 heteroatoms. The Morgan fingerprint density at radius 1 is 1.29 bits per heavy atom. The van der Waals surface area contributed by atoms with Crippen LogP contribution in [0.3, 0.4) is 0 Å². The molecule has 1 aromatic heterocycles. The molecule has 0 unspecified atom stereocenters. The normalized spacial score (nSPS) is 10.2.